The van der Waals surface area contributed by atoms with Crippen LogP contribution in [0.4, 0.5) is 27.5 Å². The molecule has 0 aliphatic carbocycles. The van der Waals surface area contributed by atoms with Crippen molar-refractivity contribution in [2.75, 3.05) is 55.8 Å². The summed E-state index contributed by atoms with van der Waals surface area (Å²) in [5.74, 6) is -0.304. The van der Waals surface area contributed by atoms with E-state index in [0.29, 0.717) is 38.2 Å². The average molecular weight is 707 g/mol. The Hall–Kier alpha value is -4.00. The molecule has 3 N–H and O–H groups in total. The minimum Gasteiger partial charge on any atom is -0.444 e. The van der Waals surface area contributed by atoms with Crippen LogP contribution in [0.3, 0.4) is 0 Å². The standard InChI is InChI=1S/C37H52N6O6.C2H6/c1-36(2,3)48-34(46)42-18-14-25(15-19-42)33(45)40-28-12-13-29-30(22-28)41-31(23-38-29)24-8-10-27(11-9-24)39-32(44)26-16-20-43(21-17-26)35(47-7)49-37(4,5)6;1-2/h8-13,22,25-26,35,38H,14-21,23H2,1-7H3,(H,39,44)(H,40,45);1-2H3. The summed E-state index contributed by atoms with van der Waals surface area (Å²) in [5.41, 5.74) is 3.99. The van der Waals surface area contributed by atoms with Gasteiger partial charge >= 0.3 is 6.09 Å². The van der Waals surface area contributed by atoms with Crippen molar-refractivity contribution >= 4 is 46.4 Å². The van der Waals surface area contributed by atoms with Crippen LogP contribution in [0.1, 0.15) is 86.6 Å². The fourth-order valence-corrected chi connectivity index (χ4v) is 6.21. The predicted octanol–water partition coefficient (Wildman–Crippen LogP) is 7.24. The fourth-order valence-electron chi connectivity index (χ4n) is 6.21. The normalized spacial score (nSPS) is 17.9. The molecule has 3 heterocycles. The molecule has 1 atom stereocenters. The molecular weight excluding hydrogens is 648 g/mol. The molecule has 3 aliphatic rings. The molecule has 0 bridgehead atoms. The van der Waals surface area contributed by atoms with Crippen molar-refractivity contribution in [3.05, 3.63) is 48.0 Å². The highest BCUT2D eigenvalue weighted by atomic mass is 16.7. The molecule has 12 nitrogen and oxygen atoms in total. The second-order valence-corrected chi connectivity index (χ2v) is 15.0. The number of ether oxygens (including phenoxy) is 3. The van der Waals surface area contributed by atoms with Gasteiger partial charge in [0.25, 0.3) is 0 Å². The number of likely N-dealkylation sites (tertiary alicyclic amines) is 2. The van der Waals surface area contributed by atoms with E-state index in [1.165, 1.54) is 0 Å². The molecule has 0 spiro atoms. The van der Waals surface area contributed by atoms with Gasteiger partial charge in [-0.15, -0.1) is 0 Å². The van der Waals surface area contributed by atoms with Crippen molar-refractivity contribution < 1.29 is 28.6 Å². The largest absolute Gasteiger partial charge is 0.444 e. The third-order valence-electron chi connectivity index (χ3n) is 8.82. The van der Waals surface area contributed by atoms with Gasteiger partial charge in [0.05, 0.1) is 29.2 Å². The molecule has 2 fully saturated rings. The van der Waals surface area contributed by atoms with Crippen LogP contribution >= 0.6 is 0 Å². The van der Waals surface area contributed by atoms with E-state index in [0.717, 1.165) is 54.3 Å². The highest BCUT2D eigenvalue weighted by Gasteiger charge is 2.32. The zero-order valence-electron chi connectivity index (χ0n) is 31.9. The van der Waals surface area contributed by atoms with E-state index in [1.807, 2.05) is 97.9 Å². The van der Waals surface area contributed by atoms with E-state index in [1.54, 1.807) is 12.0 Å². The molecule has 1 unspecified atom stereocenters. The minimum absolute atomic E-state index is 0.0203. The van der Waals surface area contributed by atoms with Crippen LogP contribution < -0.4 is 16.0 Å². The number of carbonyl (C=O) groups is 3. The molecule has 5 rings (SSSR count). The third kappa shape index (κ3) is 11.5. The van der Waals surface area contributed by atoms with Crippen LogP contribution in [-0.4, -0.2) is 90.9 Å². The number of fused-ring (bicyclic) bond motifs is 1. The molecule has 2 saturated heterocycles. The monoisotopic (exact) mass is 706 g/mol. The predicted molar refractivity (Wildman–Crippen MR) is 203 cm³/mol. The van der Waals surface area contributed by atoms with Gasteiger partial charge in [-0.3, -0.25) is 14.5 Å². The Morgan fingerprint density at radius 1 is 0.804 bits per heavy atom. The first-order chi connectivity index (χ1) is 24.2. The van der Waals surface area contributed by atoms with Crippen molar-refractivity contribution in [3.63, 3.8) is 0 Å². The number of methoxy groups -OCH3 is 1. The number of hydrogen-bond acceptors (Lipinski definition) is 9. The first kappa shape index (κ1) is 39.8. The Morgan fingerprint density at radius 3 is 1.90 bits per heavy atom. The lowest BCUT2D eigenvalue weighted by molar-refractivity contribution is -0.256. The van der Waals surface area contributed by atoms with Crippen molar-refractivity contribution in [2.45, 2.75) is 98.7 Å². The van der Waals surface area contributed by atoms with E-state index in [4.69, 9.17) is 19.2 Å². The van der Waals surface area contributed by atoms with Gasteiger partial charge in [0.15, 0.2) is 0 Å². The molecule has 3 aliphatic heterocycles. The van der Waals surface area contributed by atoms with Crippen molar-refractivity contribution in [1.29, 1.82) is 0 Å². The highest BCUT2D eigenvalue weighted by molar-refractivity contribution is 6.08. The van der Waals surface area contributed by atoms with E-state index in [9.17, 15) is 14.4 Å². The molecule has 51 heavy (non-hydrogen) atoms. The maximum atomic E-state index is 13.1. The Morgan fingerprint density at radius 2 is 1.35 bits per heavy atom. The van der Waals surface area contributed by atoms with Gasteiger partial charge in [0.2, 0.25) is 18.2 Å². The van der Waals surface area contributed by atoms with E-state index in [-0.39, 0.29) is 35.3 Å². The lowest BCUT2D eigenvalue weighted by Gasteiger charge is -2.38. The lowest BCUT2D eigenvalue weighted by atomic mass is 9.96. The average Bonchev–Trinajstić information content (AvgIpc) is 3.10. The van der Waals surface area contributed by atoms with Gasteiger partial charge in [0, 0.05) is 56.5 Å². The first-order valence-electron chi connectivity index (χ1n) is 18.3. The number of benzene rings is 2. The molecule has 3 amide bonds. The quantitative estimate of drug-likeness (QED) is 0.245. The van der Waals surface area contributed by atoms with Gasteiger partial charge in [-0.25, -0.2) is 9.79 Å². The summed E-state index contributed by atoms with van der Waals surface area (Å²) >= 11 is 0. The first-order valence-corrected chi connectivity index (χ1v) is 18.3. The van der Waals surface area contributed by atoms with Gasteiger partial charge in [-0.2, -0.15) is 0 Å². The number of rotatable bonds is 8. The summed E-state index contributed by atoms with van der Waals surface area (Å²) in [6, 6.07) is 13.4. The third-order valence-corrected chi connectivity index (χ3v) is 8.82. The SMILES string of the molecule is CC.COC(OC(C)(C)C)N1CCC(C(=O)Nc2ccc(C3=Nc4cc(NC(=O)C5CCN(C(=O)OC(C)(C)C)CC5)ccc4NC3)cc2)CC1. The van der Waals surface area contributed by atoms with E-state index >= 15 is 0 Å². The number of anilines is 3. The lowest BCUT2D eigenvalue weighted by Crippen LogP contribution is -2.48. The zero-order chi connectivity index (χ0) is 37.3. The topological polar surface area (TPSA) is 134 Å². The Bertz CT molecular complexity index is 1510. The van der Waals surface area contributed by atoms with Crippen LogP contribution in [0.15, 0.2) is 47.5 Å². The van der Waals surface area contributed by atoms with E-state index < -0.39 is 12.0 Å². The summed E-state index contributed by atoms with van der Waals surface area (Å²) < 4.78 is 17.1. The number of carbonyl (C=O) groups excluding carboxylic acids is 3. The number of amides is 3. The van der Waals surface area contributed by atoms with Gasteiger partial charge in [-0.1, -0.05) is 26.0 Å². The summed E-state index contributed by atoms with van der Waals surface area (Å²) in [4.78, 5) is 47.3. The number of nitrogens with zero attached hydrogens (tertiary/aromatic N) is 3. The molecule has 0 aromatic heterocycles. The van der Waals surface area contributed by atoms with Crippen LogP contribution in [0.2, 0.25) is 0 Å². The summed E-state index contributed by atoms with van der Waals surface area (Å²) in [6.07, 6.45) is 1.86. The summed E-state index contributed by atoms with van der Waals surface area (Å²) in [7, 11) is 1.65. The second-order valence-electron chi connectivity index (χ2n) is 15.0. The Balaban J connectivity index is 0.00000286. The van der Waals surface area contributed by atoms with Gasteiger partial charge in [-0.05, 0) is 103 Å². The van der Waals surface area contributed by atoms with Crippen molar-refractivity contribution in [1.82, 2.24) is 9.80 Å². The maximum absolute atomic E-state index is 13.1. The number of piperidine rings is 2. The molecule has 280 valence electrons. The maximum Gasteiger partial charge on any atom is 0.410 e. The van der Waals surface area contributed by atoms with Crippen LogP contribution in [-0.2, 0) is 23.8 Å². The van der Waals surface area contributed by atoms with Crippen molar-refractivity contribution in [2.24, 2.45) is 16.8 Å². The van der Waals surface area contributed by atoms with Crippen LogP contribution in [0.5, 0.6) is 0 Å². The number of aliphatic imine (C=N–C) groups is 1. The Kier molecular flexibility index (Phi) is 13.6. The molecular formula is C39H58N6O6. The zero-order valence-corrected chi connectivity index (χ0v) is 31.9. The Labute approximate surface area is 303 Å². The molecule has 12 heteroatoms. The second kappa shape index (κ2) is 17.5. The van der Waals surface area contributed by atoms with Gasteiger partial charge < -0.3 is 35.1 Å². The number of hydrogen-bond donors (Lipinski definition) is 3. The van der Waals surface area contributed by atoms with Crippen molar-refractivity contribution in [3.8, 4) is 0 Å². The smallest absolute Gasteiger partial charge is 0.410 e. The number of nitrogens with one attached hydrogen (secondary N) is 3. The molecule has 0 saturated carbocycles. The van der Waals surface area contributed by atoms with Crippen LogP contribution in [0.25, 0.3) is 0 Å². The molecule has 2 aromatic rings. The minimum atomic E-state index is -0.549. The fraction of sp³-hybridized carbons (Fsp3) is 0.590. The summed E-state index contributed by atoms with van der Waals surface area (Å²) in [6.45, 7) is 18.5. The molecule has 2 aromatic carbocycles. The molecule has 0 radical (unpaired) electrons. The van der Waals surface area contributed by atoms with Crippen LogP contribution in [0, 0.1) is 11.8 Å². The van der Waals surface area contributed by atoms with E-state index in [2.05, 4.69) is 20.9 Å². The van der Waals surface area contributed by atoms with Gasteiger partial charge in [0.1, 0.15) is 5.60 Å². The highest BCUT2D eigenvalue weighted by Crippen LogP contribution is 2.33. The summed E-state index contributed by atoms with van der Waals surface area (Å²) in [5, 5.41) is 9.55.